The highest BCUT2D eigenvalue weighted by molar-refractivity contribution is 6.31. The quantitative estimate of drug-likeness (QED) is 0.766. The zero-order valence-electron chi connectivity index (χ0n) is 13.0. The van der Waals surface area contributed by atoms with Crippen LogP contribution in [-0.2, 0) is 11.3 Å². The number of hydrogen-bond acceptors (Lipinski definition) is 6. The van der Waals surface area contributed by atoms with Gasteiger partial charge in [-0.1, -0.05) is 35.0 Å². The lowest BCUT2D eigenvalue weighted by Gasteiger charge is -2.11. The molecule has 1 fully saturated rings. The molecule has 1 saturated heterocycles. The highest BCUT2D eigenvalue weighted by Crippen LogP contribution is 2.21. The molecule has 0 spiro atoms. The Kier molecular flexibility index (Phi) is 4.27. The average Bonchev–Trinajstić information content (AvgIpc) is 3.25. The Balaban J connectivity index is 1.57. The van der Waals surface area contributed by atoms with E-state index in [1.165, 1.54) is 6.33 Å². The number of rotatable bonds is 5. The molecule has 1 unspecified atom stereocenters. The molecular weight excluding hydrogens is 328 g/mol. The third kappa shape index (κ3) is 3.05. The SMILES string of the molecule is Clc1ccccc1Cn1nnc2c(NCC3CCCO3)ncnc21. The van der Waals surface area contributed by atoms with Crippen LogP contribution in [0.4, 0.5) is 5.82 Å². The second-order valence-electron chi connectivity index (χ2n) is 5.75. The summed E-state index contributed by atoms with van der Waals surface area (Å²) in [4.78, 5) is 8.61. The fourth-order valence-electron chi connectivity index (χ4n) is 2.83. The Morgan fingerprint density at radius 2 is 2.21 bits per heavy atom. The van der Waals surface area contributed by atoms with Gasteiger partial charge in [0.15, 0.2) is 17.0 Å². The van der Waals surface area contributed by atoms with E-state index < -0.39 is 0 Å². The zero-order valence-corrected chi connectivity index (χ0v) is 13.8. The standard InChI is InChI=1S/C16H17ClN6O/c17-13-6-2-1-4-11(13)9-23-16-14(21-22-23)15(19-10-20-16)18-8-12-5-3-7-24-12/h1-2,4,6,10,12H,3,5,7-9H2,(H,18,19,20). The monoisotopic (exact) mass is 344 g/mol. The third-order valence-corrected chi connectivity index (χ3v) is 4.47. The minimum Gasteiger partial charge on any atom is -0.376 e. The summed E-state index contributed by atoms with van der Waals surface area (Å²) in [6, 6.07) is 7.68. The topological polar surface area (TPSA) is 77.8 Å². The van der Waals surface area contributed by atoms with Gasteiger partial charge in [0.2, 0.25) is 0 Å². The normalized spacial score (nSPS) is 17.5. The van der Waals surface area contributed by atoms with Gasteiger partial charge in [-0.3, -0.25) is 0 Å². The summed E-state index contributed by atoms with van der Waals surface area (Å²) < 4.78 is 7.35. The molecule has 3 heterocycles. The number of fused-ring (bicyclic) bond motifs is 1. The molecule has 4 rings (SSSR count). The van der Waals surface area contributed by atoms with Gasteiger partial charge in [0.1, 0.15) is 6.33 Å². The maximum absolute atomic E-state index is 6.23. The van der Waals surface area contributed by atoms with E-state index in [9.17, 15) is 0 Å². The van der Waals surface area contributed by atoms with Gasteiger partial charge < -0.3 is 10.1 Å². The van der Waals surface area contributed by atoms with Crippen molar-refractivity contribution in [3.8, 4) is 0 Å². The first-order chi connectivity index (χ1) is 11.8. The molecule has 1 aliphatic heterocycles. The van der Waals surface area contributed by atoms with E-state index in [4.69, 9.17) is 16.3 Å². The van der Waals surface area contributed by atoms with Crippen molar-refractivity contribution >= 4 is 28.6 Å². The van der Waals surface area contributed by atoms with Gasteiger partial charge in [-0.2, -0.15) is 0 Å². The minimum absolute atomic E-state index is 0.230. The number of benzene rings is 1. The third-order valence-electron chi connectivity index (χ3n) is 4.10. The van der Waals surface area contributed by atoms with E-state index in [1.807, 2.05) is 24.3 Å². The molecule has 2 aromatic heterocycles. The Labute approximate surface area is 144 Å². The summed E-state index contributed by atoms with van der Waals surface area (Å²) in [5.74, 6) is 0.681. The molecule has 0 bridgehead atoms. The highest BCUT2D eigenvalue weighted by atomic mass is 35.5. The van der Waals surface area contributed by atoms with Crippen LogP contribution in [0, 0.1) is 0 Å². The number of hydrogen-bond donors (Lipinski definition) is 1. The van der Waals surface area contributed by atoms with E-state index in [1.54, 1.807) is 4.68 Å². The molecule has 7 nitrogen and oxygen atoms in total. The van der Waals surface area contributed by atoms with Crippen molar-refractivity contribution in [2.24, 2.45) is 0 Å². The van der Waals surface area contributed by atoms with Crippen molar-refractivity contribution in [1.29, 1.82) is 0 Å². The van der Waals surface area contributed by atoms with Crippen molar-refractivity contribution in [3.05, 3.63) is 41.2 Å². The van der Waals surface area contributed by atoms with Crippen molar-refractivity contribution in [3.63, 3.8) is 0 Å². The molecule has 124 valence electrons. The number of aromatic nitrogens is 5. The van der Waals surface area contributed by atoms with Gasteiger partial charge in [0, 0.05) is 18.2 Å². The van der Waals surface area contributed by atoms with Crippen LogP contribution < -0.4 is 5.32 Å². The lowest BCUT2D eigenvalue weighted by molar-refractivity contribution is 0.120. The lowest BCUT2D eigenvalue weighted by Crippen LogP contribution is -2.19. The average molecular weight is 345 g/mol. The van der Waals surface area contributed by atoms with E-state index in [0.717, 1.165) is 25.0 Å². The first kappa shape index (κ1) is 15.3. The first-order valence-corrected chi connectivity index (χ1v) is 8.32. The van der Waals surface area contributed by atoms with E-state index >= 15 is 0 Å². The summed E-state index contributed by atoms with van der Waals surface area (Å²) in [5.41, 5.74) is 2.31. The molecule has 8 heteroatoms. The van der Waals surface area contributed by atoms with Crippen LogP contribution in [0.1, 0.15) is 18.4 Å². The first-order valence-electron chi connectivity index (χ1n) is 7.94. The molecular formula is C16H17ClN6O. The lowest BCUT2D eigenvalue weighted by atomic mass is 10.2. The predicted molar refractivity (Wildman–Crippen MR) is 91.1 cm³/mol. The number of nitrogens with zero attached hydrogens (tertiary/aromatic N) is 5. The van der Waals surface area contributed by atoms with Gasteiger partial charge >= 0.3 is 0 Å². The van der Waals surface area contributed by atoms with Crippen LogP contribution in [0.5, 0.6) is 0 Å². The number of ether oxygens (including phenoxy) is 1. The van der Waals surface area contributed by atoms with Crippen LogP contribution in [-0.4, -0.2) is 44.2 Å². The molecule has 1 aliphatic rings. The molecule has 1 N–H and O–H groups in total. The maximum atomic E-state index is 6.23. The van der Waals surface area contributed by atoms with Crippen LogP contribution in [0.15, 0.2) is 30.6 Å². The Morgan fingerprint density at radius 3 is 3.04 bits per heavy atom. The number of anilines is 1. The molecule has 1 aromatic carbocycles. The largest absolute Gasteiger partial charge is 0.376 e. The smallest absolute Gasteiger partial charge is 0.184 e. The zero-order chi connectivity index (χ0) is 16.4. The molecule has 0 aliphatic carbocycles. The van der Waals surface area contributed by atoms with Gasteiger partial charge in [-0.25, -0.2) is 14.6 Å². The summed E-state index contributed by atoms with van der Waals surface area (Å²) in [6.45, 7) is 2.06. The Bertz CT molecular complexity index is 845. The van der Waals surface area contributed by atoms with Crippen LogP contribution in [0.2, 0.25) is 5.02 Å². The number of nitrogens with one attached hydrogen (secondary N) is 1. The molecule has 3 aromatic rings. The van der Waals surface area contributed by atoms with E-state index in [0.29, 0.717) is 35.1 Å². The molecule has 0 radical (unpaired) electrons. The van der Waals surface area contributed by atoms with Gasteiger partial charge in [0.05, 0.1) is 12.6 Å². The van der Waals surface area contributed by atoms with Crippen LogP contribution in [0.3, 0.4) is 0 Å². The fraction of sp³-hybridized carbons (Fsp3) is 0.375. The fourth-order valence-corrected chi connectivity index (χ4v) is 3.03. The second-order valence-corrected chi connectivity index (χ2v) is 6.16. The van der Waals surface area contributed by atoms with Gasteiger partial charge in [-0.15, -0.1) is 5.10 Å². The Morgan fingerprint density at radius 1 is 1.29 bits per heavy atom. The Hall–Kier alpha value is -2.25. The number of halogens is 1. The molecule has 0 amide bonds. The molecule has 0 saturated carbocycles. The van der Waals surface area contributed by atoms with Crippen molar-refractivity contribution in [2.45, 2.75) is 25.5 Å². The summed E-state index contributed by atoms with van der Waals surface area (Å²) >= 11 is 6.23. The van der Waals surface area contributed by atoms with Gasteiger partial charge in [0.25, 0.3) is 0 Å². The summed E-state index contributed by atoms with van der Waals surface area (Å²) in [7, 11) is 0. The van der Waals surface area contributed by atoms with E-state index in [-0.39, 0.29) is 6.10 Å². The maximum Gasteiger partial charge on any atom is 0.184 e. The van der Waals surface area contributed by atoms with E-state index in [2.05, 4.69) is 25.6 Å². The van der Waals surface area contributed by atoms with Gasteiger partial charge in [-0.05, 0) is 24.5 Å². The van der Waals surface area contributed by atoms with Crippen LogP contribution >= 0.6 is 11.6 Å². The molecule has 24 heavy (non-hydrogen) atoms. The second kappa shape index (κ2) is 6.70. The predicted octanol–water partition coefficient (Wildman–Crippen LogP) is 2.51. The summed E-state index contributed by atoms with van der Waals surface area (Å²) in [6.07, 6.45) is 3.93. The molecule has 1 atom stereocenters. The van der Waals surface area contributed by atoms with Crippen molar-refractivity contribution < 1.29 is 4.74 Å². The van der Waals surface area contributed by atoms with Crippen molar-refractivity contribution in [1.82, 2.24) is 25.0 Å². The van der Waals surface area contributed by atoms with Crippen molar-refractivity contribution in [2.75, 3.05) is 18.5 Å². The highest BCUT2D eigenvalue weighted by Gasteiger charge is 2.17. The summed E-state index contributed by atoms with van der Waals surface area (Å²) in [5, 5.41) is 12.4. The minimum atomic E-state index is 0.230. The van der Waals surface area contributed by atoms with Crippen LogP contribution in [0.25, 0.3) is 11.2 Å².